The molecule has 0 aliphatic carbocycles. The second-order valence-electron chi connectivity index (χ2n) is 5.32. The van der Waals surface area contributed by atoms with Gasteiger partial charge in [-0.25, -0.2) is 0 Å². The van der Waals surface area contributed by atoms with E-state index in [0.717, 1.165) is 11.9 Å². The van der Waals surface area contributed by atoms with Crippen LogP contribution in [0.3, 0.4) is 0 Å². The SMILES string of the molecule is CN1CCN(CCCc2ccc3snnc3c2)CC1. The first kappa shape index (κ1) is 13.0. The van der Waals surface area contributed by atoms with Crippen LogP contribution in [0, 0.1) is 0 Å². The van der Waals surface area contributed by atoms with Crippen LogP contribution in [0.4, 0.5) is 0 Å². The van der Waals surface area contributed by atoms with Gasteiger partial charge in [-0.05, 0) is 55.7 Å². The van der Waals surface area contributed by atoms with Crippen molar-refractivity contribution in [1.82, 2.24) is 19.4 Å². The molecule has 0 saturated carbocycles. The van der Waals surface area contributed by atoms with E-state index in [-0.39, 0.29) is 0 Å². The third-order valence-electron chi connectivity index (χ3n) is 3.85. The molecule has 5 heteroatoms. The number of fused-ring (bicyclic) bond motifs is 1. The maximum absolute atomic E-state index is 4.14. The molecule has 1 saturated heterocycles. The van der Waals surface area contributed by atoms with Crippen molar-refractivity contribution in [3.05, 3.63) is 23.8 Å². The van der Waals surface area contributed by atoms with Crippen molar-refractivity contribution in [2.24, 2.45) is 0 Å². The van der Waals surface area contributed by atoms with E-state index in [2.05, 4.69) is 44.6 Å². The highest BCUT2D eigenvalue weighted by Gasteiger charge is 2.12. The molecular formula is C14H20N4S. The number of nitrogens with zero attached hydrogens (tertiary/aromatic N) is 4. The highest BCUT2D eigenvalue weighted by atomic mass is 32.1. The summed E-state index contributed by atoms with van der Waals surface area (Å²) in [4.78, 5) is 4.97. The molecule has 2 heterocycles. The Labute approximate surface area is 118 Å². The Hall–Kier alpha value is -1.04. The lowest BCUT2D eigenvalue weighted by molar-refractivity contribution is 0.153. The molecule has 0 N–H and O–H groups in total. The number of aromatic nitrogens is 2. The lowest BCUT2D eigenvalue weighted by Crippen LogP contribution is -2.44. The van der Waals surface area contributed by atoms with Crippen LogP contribution in [0.25, 0.3) is 10.2 Å². The molecule has 0 radical (unpaired) electrons. The average Bonchev–Trinajstić information content (AvgIpc) is 2.88. The first-order valence-electron chi connectivity index (χ1n) is 6.93. The maximum atomic E-state index is 4.14. The van der Waals surface area contributed by atoms with E-state index >= 15 is 0 Å². The van der Waals surface area contributed by atoms with Crippen LogP contribution in [0.1, 0.15) is 12.0 Å². The third-order valence-corrected chi connectivity index (χ3v) is 4.55. The summed E-state index contributed by atoms with van der Waals surface area (Å²) in [5.74, 6) is 0. The zero-order chi connectivity index (χ0) is 13.1. The topological polar surface area (TPSA) is 32.3 Å². The normalized spacial score (nSPS) is 18.2. The maximum Gasteiger partial charge on any atom is 0.106 e. The molecule has 0 bridgehead atoms. The molecular weight excluding hydrogens is 256 g/mol. The minimum atomic E-state index is 1.04. The fourth-order valence-corrected chi connectivity index (χ4v) is 3.10. The summed E-state index contributed by atoms with van der Waals surface area (Å²) >= 11 is 1.47. The van der Waals surface area contributed by atoms with Crippen molar-refractivity contribution in [3.8, 4) is 0 Å². The number of likely N-dealkylation sites (N-methyl/N-ethyl adjacent to an activating group) is 1. The van der Waals surface area contributed by atoms with Gasteiger partial charge < -0.3 is 9.80 Å². The van der Waals surface area contributed by atoms with E-state index in [9.17, 15) is 0 Å². The van der Waals surface area contributed by atoms with Crippen LogP contribution in [-0.2, 0) is 6.42 Å². The van der Waals surface area contributed by atoms with Crippen molar-refractivity contribution in [2.45, 2.75) is 12.8 Å². The molecule has 0 atom stereocenters. The number of benzene rings is 1. The highest BCUT2D eigenvalue weighted by Crippen LogP contribution is 2.17. The number of hydrogen-bond acceptors (Lipinski definition) is 5. The summed E-state index contributed by atoms with van der Waals surface area (Å²) < 4.78 is 5.17. The number of aryl methyl sites for hydroxylation is 1. The first-order chi connectivity index (χ1) is 9.31. The molecule has 0 amide bonds. The van der Waals surface area contributed by atoms with Crippen LogP contribution < -0.4 is 0 Å². The molecule has 4 nitrogen and oxygen atoms in total. The Morgan fingerprint density at radius 1 is 1.21 bits per heavy atom. The molecule has 1 aliphatic heterocycles. The van der Waals surface area contributed by atoms with Gasteiger partial charge in [-0.1, -0.05) is 10.6 Å². The molecule has 1 fully saturated rings. The predicted octanol–water partition coefficient (Wildman–Crippen LogP) is 1.87. The monoisotopic (exact) mass is 276 g/mol. The number of rotatable bonds is 4. The zero-order valence-electron chi connectivity index (χ0n) is 11.4. The molecule has 1 aliphatic rings. The molecule has 1 aromatic heterocycles. The van der Waals surface area contributed by atoms with Gasteiger partial charge in [0.15, 0.2) is 0 Å². The molecule has 1 aromatic carbocycles. The van der Waals surface area contributed by atoms with Gasteiger partial charge in [0, 0.05) is 26.2 Å². The van der Waals surface area contributed by atoms with Gasteiger partial charge in [0.1, 0.15) is 5.52 Å². The summed E-state index contributed by atoms with van der Waals surface area (Å²) in [6, 6.07) is 6.54. The van der Waals surface area contributed by atoms with Gasteiger partial charge in [0.05, 0.1) is 4.70 Å². The van der Waals surface area contributed by atoms with Gasteiger partial charge in [-0.2, -0.15) is 0 Å². The van der Waals surface area contributed by atoms with Gasteiger partial charge >= 0.3 is 0 Å². The van der Waals surface area contributed by atoms with Crippen molar-refractivity contribution >= 4 is 21.7 Å². The van der Waals surface area contributed by atoms with Gasteiger partial charge in [0.2, 0.25) is 0 Å². The van der Waals surface area contributed by atoms with E-state index in [0.29, 0.717) is 0 Å². The van der Waals surface area contributed by atoms with Crippen molar-refractivity contribution < 1.29 is 0 Å². The Bertz CT molecular complexity index is 531. The molecule has 0 spiro atoms. The highest BCUT2D eigenvalue weighted by molar-refractivity contribution is 7.12. The van der Waals surface area contributed by atoms with Gasteiger partial charge in [-0.15, -0.1) is 5.10 Å². The summed E-state index contributed by atoms with van der Waals surface area (Å²) in [5.41, 5.74) is 2.43. The lowest BCUT2D eigenvalue weighted by atomic mass is 10.1. The van der Waals surface area contributed by atoms with Crippen molar-refractivity contribution in [1.29, 1.82) is 0 Å². The summed E-state index contributed by atoms with van der Waals surface area (Å²) in [5, 5.41) is 4.14. The van der Waals surface area contributed by atoms with E-state index in [4.69, 9.17) is 0 Å². The van der Waals surface area contributed by atoms with E-state index < -0.39 is 0 Å². The fourth-order valence-electron chi connectivity index (χ4n) is 2.56. The van der Waals surface area contributed by atoms with E-state index in [1.54, 1.807) is 0 Å². The summed E-state index contributed by atoms with van der Waals surface area (Å²) in [7, 11) is 2.20. The Morgan fingerprint density at radius 3 is 2.89 bits per heavy atom. The zero-order valence-corrected chi connectivity index (χ0v) is 12.2. The molecule has 3 rings (SSSR count). The summed E-state index contributed by atoms with van der Waals surface area (Å²) in [6.45, 7) is 6.05. The van der Waals surface area contributed by atoms with Gasteiger partial charge in [0.25, 0.3) is 0 Å². The average molecular weight is 276 g/mol. The van der Waals surface area contributed by atoms with Crippen LogP contribution in [0.5, 0.6) is 0 Å². The Kier molecular flexibility index (Phi) is 4.06. The molecule has 0 unspecified atom stereocenters. The fraction of sp³-hybridized carbons (Fsp3) is 0.571. The third kappa shape index (κ3) is 3.29. The Morgan fingerprint density at radius 2 is 2.05 bits per heavy atom. The molecule has 102 valence electrons. The minimum absolute atomic E-state index is 1.04. The smallest absolute Gasteiger partial charge is 0.106 e. The van der Waals surface area contributed by atoms with E-state index in [1.807, 2.05) is 0 Å². The van der Waals surface area contributed by atoms with Crippen LogP contribution in [0.15, 0.2) is 18.2 Å². The number of piperazine rings is 1. The number of hydrogen-bond donors (Lipinski definition) is 0. The molecule has 19 heavy (non-hydrogen) atoms. The van der Waals surface area contributed by atoms with Gasteiger partial charge in [-0.3, -0.25) is 0 Å². The molecule has 2 aromatic rings. The predicted molar refractivity (Wildman–Crippen MR) is 79.7 cm³/mol. The van der Waals surface area contributed by atoms with Crippen LogP contribution in [-0.4, -0.2) is 59.2 Å². The second kappa shape index (κ2) is 5.94. The van der Waals surface area contributed by atoms with Crippen molar-refractivity contribution in [2.75, 3.05) is 39.8 Å². The van der Waals surface area contributed by atoms with Crippen molar-refractivity contribution in [3.63, 3.8) is 0 Å². The quantitative estimate of drug-likeness (QED) is 0.853. The minimum Gasteiger partial charge on any atom is -0.304 e. The standard InChI is InChI=1S/C14H20N4S/c1-17-7-9-18(10-8-17)6-2-3-12-4-5-14-13(11-12)15-16-19-14/h4-5,11H,2-3,6-10H2,1H3. The Balaban J connectivity index is 1.49. The van der Waals surface area contributed by atoms with Crippen LogP contribution in [0.2, 0.25) is 0 Å². The first-order valence-corrected chi connectivity index (χ1v) is 7.70. The largest absolute Gasteiger partial charge is 0.304 e. The van der Waals surface area contributed by atoms with E-state index in [1.165, 1.54) is 60.9 Å². The van der Waals surface area contributed by atoms with Crippen LogP contribution >= 0.6 is 11.5 Å². The summed E-state index contributed by atoms with van der Waals surface area (Å²) in [6.07, 6.45) is 2.37. The lowest BCUT2D eigenvalue weighted by Gasteiger charge is -2.32. The second-order valence-corrected chi connectivity index (χ2v) is 6.11.